The number of likely N-dealkylation sites (tertiary alicyclic amines) is 1. The van der Waals surface area contributed by atoms with Gasteiger partial charge < -0.3 is 11.1 Å². The van der Waals surface area contributed by atoms with Gasteiger partial charge in [-0.05, 0) is 61.8 Å². The molecule has 0 radical (unpaired) electrons. The van der Waals surface area contributed by atoms with E-state index in [2.05, 4.69) is 20.3 Å². The summed E-state index contributed by atoms with van der Waals surface area (Å²) in [5.74, 6) is -0.819. The molecule has 192 valence electrons. The average molecular weight is 514 g/mol. The number of alkyl halides is 1. The van der Waals surface area contributed by atoms with Gasteiger partial charge >= 0.3 is 6.03 Å². The number of nitrogens with one attached hydrogen (secondary N) is 1. The Morgan fingerprint density at radius 1 is 1.25 bits per heavy atom. The Balaban J connectivity index is 1.56. The summed E-state index contributed by atoms with van der Waals surface area (Å²) in [7, 11) is 1.54. The summed E-state index contributed by atoms with van der Waals surface area (Å²) >= 11 is 6.39. The topological polar surface area (TPSA) is 134 Å². The molecule has 1 saturated carbocycles. The van der Waals surface area contributed by atoms with Crippen molar-refractivity contribution in [3.63, 3.8) is 0 Å². The highest BCUT2D eigenvalue weighted by molar-refractivity contribution is 6.20. The van der Waals surface area contributed by atoms with Gasteiger partial charge in [-0.3, -0.25) is 19.4 Å². The molecule has 2 aromatic rings. The van der Waals surface area contributed by atoms with Crippen molar-refractivity contribution in [3.8, 4) is 0 Å². The van der Waals surface area contributed by atoms with Crippen LogP contribution in [-0.4, -0.2) is 62.2 Å². The van der Waals surface area contributed by atoms with Gasteiger partial charge in [0.15, 0.2) is 0 Å². The first-order valence-corrected chi connectivity index (χ1v) is 12.8. The predicted molar refractivity (Wildman–Crippen MR) is 136 cm³/mol. The Morgan fingerprint density at radius 2 is 2.00 bits per heavy atom. The lowest BCUT2D eigenvalue weighted by Gasteiger charge is -2.46. The highest BCUT2D eigenvalue weighted by Gasteiger charge is 2.55. The number of halogens is 1. The van der Waals surface area contributed by atoms with Gasteiger partial charge in [-0.15, -0.1) is 11.6 Å². The summed E-state index contributed by atoms with van der Waals surface area (Å²) in [6.45, 7) is 2.00. The lowest BCUT2D eigenvalue weighted by Crippen LogP contribution is -2.71. The summed E-state index contributed by atoms with van der Waals surface area (Å²) in [5, 5.41) is 3.11. The van der Waals surface area contributed by atoms with Crippen LogP contribution in [0.15, 0.2) is 36.8 Å². The Labute approximate surface area is 215 Å². The number of nitrogen functional groups attached to an aromatic ring is 1. The molecule has 11 heteroatoms. The molecule has 2 aromatic heterocycles. The third-order valence-electron chi connectivity index (χ3n) is 7.14. The van der Waals surface area contributed by atoms with Crippen molar-refractivity contribution in [3.05, 3.63) is 42.4 Å². The number of carbonyl (C=O) groups excluding carboxylic acids is 3. The summed E-state index contributed by atoms with van der Waals surface area (Å²) in [6.07, 6.45) is 9.34. The molecule has 3 unspecified atom stereocenters. The predicted octanol–water partition coefficient (Wildman–Crippen LogP) is 2.77. The number of rotatable bonds is 7. The van der Waals surface area contributed by atoms with Crippen LogP contribution in [0.5, 0.6) is 0 Å². The summed E-state index contributed by atoms with van der Waals surface area (Å²) < 4.78 is 0. The molecule has 3 N–H and O–H groups in total. The summed E-state index contributed by atoms with van der Waals surface area (Å²) in [4.78, 5) is 54.8. The van der Waals surface area contributed by atoms with Crippen LogP contribution in [0.3, 0.4) is 0 Å². The van der Waals surface area contributed by atoms with Crippen molar-refractivity contribution in [1.29, 1.82) is 0 Å². The zero-order valence-corrected chi connectivity index (χ0v) is 21.3. The Bertz CT molecular complexity index is 1100. The van der Waals surface area contributed by atoms with Crippen LogP contribution in [0, 0.1) is 11.8 Å². The fraction of sp³-hybridized carbons (Fsp3) is 0.520. The van der Waals surface area contributed by atoms with Crippen LogP contribution in [0.4, 0.5) is 16.6 Å². The van der Waals surface area contributed by atoms with Crippen LogP contribution in [-0.2, 0) is 16.0 Å². The second kappa shape index (κ2) is 11.2. The molecule has 10 nitrogen and oxygen atoms in total. The van der Waals surface area contributed by atoms with Gasteiger partial charge in [0.2, 0.25) is 11.9 Å². The van der Waals surface area contributed by atoms with Crippen molar-refractivity contribution < 1.29 is 14.4 Å². The van der Waals surface area contributed by atoms with E-state index in [1.165, 1.54) is 24.3 Å². The molecule has 2 aliphatic rings. The van der Waals surface area contributed by atoms with E-state index in [1.54, 1.807) is 24.4 Å². The molecule has 36 heavy (non-hydrogen) atoms. The molecule has 1 aliphatic carbocycles. The van der Waals surface area contributed by atoms with Gasteiger partial charge in [0.05, 0.1) is 5.92 Å². The molecule has 1 aliphatic heterocycles. The van der Waals surface area contributed by atoms with Crippen molar-refractivity contribution in [2.45, 2.75) is 62.9 Å². The minimum absolute atomic E-state index is 0.0892. The minimum atomic E-state index is -0.995. The molecule has 1 saturated heterocycles. The van der Waals surface area contributed by atoms with Crippen LogP contribution < -0.4 is 16.0 Å². The molecule has 0 bridgehead atoms. The van der Waals surface area contributed by atoms with E-state index < -0.39 is 29.8 Å². The molecule has 0 aromatic carbocycles. The minimum Gasteiger partial charge on any atom is -0.384 e. The van der Waals surface area contributed by atoms with E-state index in [0.717, 1.165) is 36.1 Å². The van der Waals surface area contributed by atoms with Crippen LogP contribution in [0.1, 0.15) is 44.6 Å². The number of aromatic nitrogens is 3. The summed E-state index contributed by atoms with van der Waals surface area (Å²) in [6, 6.07) is 3.38. The standard InChI is InChI=1S/C25H32ClN7O3/c1-3-19(16-6-4-7-17(26)14-16)31-25(36)33-21(23(35)32(2)24-29-9-5-10-30-24)18(22(33)34)12-15-8-11-28-20(27)13-15/h5,8-11,13,16-19,21H,3-4,6-7,12,14H2,1-2H3,(H2,27,28)(H,31,36)/t16?,17?,18?,19-,21+/m1/s1. The number of hydrogen-bond acceptors (Lipinski definition) is 7. The van der Waals surface area contributed by atoms with E-state index in [4.69, 9.17) is 17.3 Å². The number of urea groups is 1. The molecule has 4 amide bonds. The molecule has 3 heterocycles. The van der Waals surface area contributed by atoms with Gasteiger partial charge in [0.25, 0.3) is 5.91 Å². The zero-order chi connectivity index (χ0) is 25.8. The highest BCUT2D eigenvalue weighted by atomic mass is 35.5. The van der Waals surface area contributed by atoms with Crippen molar-refractivity contribution in [2.75, 3.05) is 17.7 Å². The van der Waals surface area contributed by atoms with Gasteiger partial charge in [-0.2, -0.15) is 0 Å². The smallest absolute Gasteiger partial charge is 0.325 e. The van der Waals surface area contributed by atoms with Gasteiger partial charge in [0, 0.05) is 37.1 Å². The molecule has 2 fully saturated rings. The molecule has 5 atom stereocenters. The van der Waals surface area contributed by atoms with Crippen LogP contribution in [0.25, 0.3) is 0 Å². The first-order valence-electron chi connectivity index (χ1n) is 12.3. The highest BCUT2D eigenvalue weighted by Crippen LogP contribution is 2.34. The maximum atomic E-state index is 13.6. The SMILES string of the molecule is CC[C@@H](NC(=O)N1C(=O)C(Cc2ccnc(N)c2)[C@H]1C(=O)N(C)c1ncccn1)C1CCCC(Cl)C1. The second-order valence-corrected chi connectivity index (χ2v) is 10.1. The quantitative estimate of drug-likeness (QED) is 0.429. The number of likely N-dealkylation sites (N-methyl/N-ethyl adjacent to an activating group) is 1. The number of imide groups is 1. The van der Waals surface area contributed by atoms with Crippen LogP contribution in [0.2, 0.25) is 0 Å². The monoisotopic (exact) mass is 513 g/mol. The van der Waals surface area contributed by atoms with Crippen molar-refractivity contribution >= 4 is 41.2 Å². The number of anilines is 2. The van der Waals surface area contributed by atoms with E-state index in [1.807, 2.05) is 6.92 Å². The average Bonchev–Trinajstić information content (AvgIpc) is 2.88. The van der Waals surface area contributed by atoms with Gasteiger partial charge in [-0.25, -0.2) is 19.7 Å². The normalized spacial score (nSPS) is 24.5. The lowest BCUT2D eigenvalue weighted by atomic mass is 9.81. The Kier molecular flexibility index (Phi) is 8.03. The fourth-order valence-corrected chi connectivity index (χ4v) is 5.59. The Hall–Kier alpha value is -3.27. The maximum Gasteiger partial charge on any atom is 0.325 e. The number of β-lactam (4-membered cyclic amide) rings is 1. The third kappa shape index (κ3) is 5.43. The third-order valence-corrected chi connectivity index (χ3v) is 7.53. The number of nitrogens with zero attached hydrogens (tertiary/aromatic N) is 5. The molecule has 4 rings (SSSR count). The van der Waals surface area contributed by atoms with Gasteiger partial charge in [0.1, 0.15) is 11.9 Å². The number of pyridine rings is 1. The van der Waals surface area contributed by atoms with Gasteiger partial charge in [-0.1, -0.05) is 13.3 Å². The first-order chi connectivity index (χ1) is 17.3. The van der Waals surface area contributed by atoms with Crippen molar-refractivity contribution in [2.24, 2.45) is 11.8 Å². The molecular weight excluding hydrogens is 482 g/mol. The number of nitrogens with two attached hydrogens (primary N) is 1. The number of carbonyl (C=O) groups is 3. The Morgan fingerprint density at radius 3 is 2.67 bits per heavy atom. The molecule has 0 spiro atoms. The van der Waals surface area contributed by atoms with E-state index in [9.17, 15) is 14.4 Å². The number of hydrogen-bond donors (Lipinski definition) is 2. The van der Waals surface area contributed by atoms with E-state index in [-0.39, 0.29) is 29.7 Å². The second-order valence-electron chi connectivity index (χ2n) is 9.49. The van der Waals surface area contributed by atoms with E-state index in [0.29, 0.717) is 12.2 Å². The summed E-state index contributed by atoms with van der Waals surface area (Å²) in [5.41, 5.74) is 6.56. The molecular formula is C25H32ClN7O3. The number of amides is 4. The largest absolute Gasteiger partial charge is 0.384 e. The fourth-order valence-electron chi connectivity index (χ4n) is 5.21. The van der Waals surface area contributed by atoms with Crippen molar-refractivity contribution in [1.82, 2.24) is 25.2 Å². The van der Waals surface area contributed by atoms with Crippen LogP contribution >= 0.6 is 11.6 Å². The lowest BCUT2D eigenvalue weighted by molar-refractivity contribution is -0.156. The first kappa shape index (κ1) is 25.8. The van der Waals surface area contributed by atoms with E-state index >= 15 is 0 Å². The maximum absolute atomic E-state index is 13.6. The zero-order valence-electron chi connectivity index (χ0n) is 20.5.